The minimum absolute atomic E-state index is 0. The van der Waals surface area contributed by atoms with Gasteiger partial charge in [-0.3, -0.25) is 9.79 Å². The zero-order valence-corrected chi connectivity index (χ0v) is 20.2. The molecule has 8 heteroatoms. The van der Waals surface area contributed by atoms with Gasteiger partial charge in [0.15, 0.2) is 5.96 Å². The number of carbonyl (C=O) groups is 1. The molecule has 3 N–H and O–H groups in total. The van der Waals surface area contributed by atoms with Crippen molar-refractivity contribution in [1.29, 1.82) is 0 Å². The van der Waals surface area contributed by atoms with Gasteiger partial charge in [0.1, 0.15) is 0 Å². The van der Waals surface area contributed by atoms with E-state index >= 15 is 0 Å². The van der Waals surface area contributed by atoms with Gasteiger partial charge in [-0.05, 0) is 54.3 Å². The molecule has 0 atom stereocenters. The number of hydrogen-bond donors (Lipinski definition) is 3. The van der Waals surface area contributed by atoms with Crippen molar-refractivity contribution >= 4 is 41.5 Å². The molecule has 2 aromatic carbocycles. The second-order valence-corrected chi connectivity index (χ2v) is 6.92. The molecule has 3 aromatic rings. The number of anilines is 1. The highest BCUT2D eigenvalue weighted by molar-refractivity contribution is 14.0. The van der Waals surface area contributed by atoms with Crippen LogP contribution < -0.4 is 16.0 Å². The zero-order valence-electron chi connectivity index (χ0n) is 17.8. The minimum atomic E-state index is -0.0619. The van der Waals surface area contributed by atoms with Crippen LogP contribution in [-0.4, -0.2) is 41.8 Å². The van der Waals surface area contributed by atoms with Crippen molar-refractivity contribution in [2.24, 2.45) is 4.99 Å². The normalized spacial score (nSPS) is 10.8. The van der Waals surface area contributed by atoms with Crippen molar-refractivity contribution in [1.82, 2.24) is 20.4 Å². The molecule has 0 saturated carbocycles. The maximum Gasteiger partial charge on any atom is 0.221 e. The summed E-state index contributed by atoms with van der Waals surface area (Å²) < 4.78 is 1.85. The second kappa shape index (κ2) is 12.7. The van der Waals surface area contributed by atoms with E-state index in [1.807, 2.05) is 41.2 Å². The van der Waals surface area contributed by atoms with Crippen LogP contribution in [0.4, 0.5) is 5.69 Å². The Morgan fingerprint density at radius 2 is 1.55 bits per heavy atom. The lowest BCUT2D eigenvalue weighted by Gasteiger charge is -2.12. The van der Waals surface area contributed by atoms with Crippen molar-refractivity contribution in [3.05, 3.63) is 78.1 Å². The minimum Gasteiger partial charge on any atom is -0.356 e. The molecule has 31 heavy (non-hydrogen) atoms. The summed E-state index contributed by atoms with van der Waals surface area (Å²) in [6.45, 7) is 3.08. The lowest BCUT2D eigenvalue weighted by atomic mass is 10.1. The van der Waals surface area contributed by atoms with E-state index in [0.29, 0.717) is 0 Å². The Bertz CT molecular complexity index is 953. The second-order valence-electron chi connectivity index (χ2n) is 6.92. The number of halogens is 1. The fraction of sp³-hybridized carbons (Fsp3) is 0.261. The predicted molar refractivity (Wildman–Crippen MR) is 136 cm³/mol. The summed E-state index contributed by atoms with van der Waals surface area (Å²) in [5.74, 6) is 0.728. The van der Waals surface area contributed by atoms with E-state index in [1.165, 1.54) is 18.1 Å². The Morgan fingerprint density at radius 3 is 2.03 bits per heavy atom. The van der Waals surface area contributed by atoms with E-state index in [2.05, 4.69) is 50.3 Å². The van der Waals surface area contributed by atoms with Crippen LogP contribution in [0, 0.1) is 0 Å². The molecule has 3 rings (SSSR count). The van der Waals surface area contributed by atoms with Crippen molar-refractivity contribution in [3.8, 4) is 5.69 Å². The first-order valence-electron chi connectivity index (χ1n) is 10.0. The van der Waals surface area contributed by atoms with Crippen LogP contribution in [0.5, 0.6) is 0 Å². The Kier molecular flexibility index (Phi) is 10.0. The Morgan fingerprint density at radius 1 is 0.968 bits per heavy atom. The molecule has 0 aliphatic carbocycles. The van der Waals surface area contributed by atoms with Crippen LogP contribution in [-0.2, 0) is 17.6 Å². The Balaban J connectivity index is 0.00000341. The number of benzene rings is 2. The van der Waals surface area contributed by atoms with E-state index in [1.54, 1.807) is 13.2 Å². The molecule has 1 heterocycles. The third-order valence-electron chi connectivity index (χ3n) is 4.62. The van der Waals surface area contributed by atoms with E-state index < -0.39 is 0 Å². The summed E-state index contributed by atoms with van der Waals surface area (Å²) in [6.07, 6.45) is 5.49. The first kappa shape index (κ1) is 24.4. The van der Waals surface area contributed by atoms with E-state index in [0.717, 1.165) is 43.3 Å². The molecule has 164 valence electrons. The standard InChI is InChI=1S/C23H28N6O.HI/c1-18(30)28-21-8-4-19(5-9-21)12-15-25-23(24-2)26-16-13-20-6-10-22(11-7-20)29-17-3-14-27-29;/h3-11,14,17H,12-13,15-16H2,1-2H3,(H,28,30)(H2,24,25,26);1H. The molecular weight excluding hydrogens is 503 g/mol. The van der Waals surface area contributed by atoms with Crippen LogP contribution in [0.15, 0.2) is 72.0 Å². The van der Waals surface area contributed by atoms with Crippen LogP contribution in [0.2, 0.25) is 0 Å². The van der Waals surface area contributed by atoms with Gasteiger partial charge in [-0.15, -0.1) is 24.0 Å². The molecule has 1 amide bonds. The monoisotopic (exact) mass is 532 g/mol. The molecule has 0 bridgehead atoms. The van der Waals surface area contributed by atoms with Gasteiger partial charge in [0.2, 0.25) is 5.91 Å². The van der Waals surface area contributed by atoms with Crippen molar-refractivity contribution < 1.29 is 4.79 Å². The average molecular weight is 532 g/mol. The number of nitrogens with zero attached hydrogens (tertiary/aromatic N) is 3. The molecule has 7 nitrogen and oxygen atoms in total. The molecule has 0 aliphatic rings. The smallest absolute Gasteiger partial charge is 0.221 e. The van der Waals surface area contributed by atoms with Crippen molar-refractivity contribution in [2.75, 3.05) is 25.5 Å². The highest BCUT2D eigenvalue weighted by Gasteiger charge is 2.01. The molecule has 0 spiro atoms. The van der Waals surface area contributed by atoms with Gasteiger partial charge in [-0.2, -0.15) is 5.10 Å². The maximum absolute atomic E-state index is 11.1. The van der Waals surface area contributed by atoms with E-state index in [9.17, 15) is 4.79 Å². The number of aliphatic imine (C=N–C) groups is 1. The highest BCUT2D eigenvalue weighted by Crippen LogP contribution is 2.10. The van der Waals surface area contributed by atoms with Gasteiger partial charge in [-0.1, -0.05) is 24.3 Å². The molecule has 0 fully saturated rings. The number of rotatable bonds is 8. The number of nitrogens with one attached hydrogen (secondary N) is 3. The zero-order chi connectivity index (χ0) is 21.2. The van der Waals surface area contributed by atoms with Crippen LogP contribution in [0.3, 0.4) is 0 Å². The quantitative estimate of drug-likeness (QED) is 0.236. The van der Waals surface area contributed by atoms with Gasteiger partial charge >= 0.3 is 0 Å². The predicted octanol–water partition coefficient (Wildman–Crippen LogP) is 3.40. The molecule has 0 unspecified atom stereocenters. The summed E-state index contributed by atoms with van der Waals surface area (Å²) in [7, 11) is 1.77. The number of aromatic nitrogens is 2. The summed E-state index contributed by atoms with van der Waals surface area (Å²) in [5, 5.41) is 13.7. The number of hydrogen-bond acceptors (Lipinski definition) is 3. The van der Waals surface area contributed by atoms with Crippen LogP contribution in [0.25, 0.3) is 5.69 Å². The molecule has 0 radical (unpaired) electrons. The molecular formula is C23H29IN6O. The topological polar surface area (TPSA) is 83.3 Å². The third-order valence-corrected chi connectivity index (χ3v) is 4.62. The lowest BCUT2D eigenvalue weighted by molar-refractivity contribution is -0.114. The van der Waals surface area contributed by atoms with Gasteiger partial charge in [0.25, 0.3) is 0 Å². The maximum atomic E-state index is 11.1. The van der Waals surface area contributed by atoms with Crippen molar-refractivity contribution in [3.63, 3.8) is 0 Å². The molecule has 0 aliphatic heterocycles. The molecule has 1 aromatic heterocycles. The first-order valence-corrected chi connectivity index (χ1v) is 10.0. The summed E-state index contributed by atoms with van der Waals surface area (Å²) in [4.78, 5) is 15.4. The third kappa shape index (κ3) is 8.05. The molecule has 0 saturated heterocycles. The largest absolute Gasteiger partial charge is 0.356 e. The van der Waals surface area contributed by atoms with Gasteiger partial charge in [-0.25, -0.2) is 4.68 Å². The SMILES string of the molecule is CN=C(NCCc1ccc(NC(C)=O)cc1)NCCc1ccc(-n2cccn2)cc1.I. The van der Waals surface area contributed by atoms with Crippen LogP contribution >= 0.6 is 24.0 Å². The average Bonchev–Trinajstić information content (AvgIpc) is 3.29. The van der Waals surface area contributed by atoms with Crippen molar-refractivity contribution in [2.45, 2.75) is 19.8 Å². The Labute approximate surface area is 200 Å². The first-order chi connectivity index (χ1) is 14.6. The van der Waals surface area contributed by atoms with Gasteiger partial charge < -0.3 is 16.0 Å². The fourth-order valence-corrected chi connectivity index (χ4v) is 3.07. The number of amides is 1. The lowest BCUT2D eigenvalue weighted by Crippen LogP contribution is -2.39. The van der Waals surface area contributed by atoms with Crippen LogP contribution in [0.1, 0.15) is 18.1 Å². The fourth-order valence-electron chi connectivity index (χ4n) is 3.07. The number of guanidine groups is 1. The van der Waals surface area contributed by atoms with Gasteiger partial charge in [0.05, 0.1) is 5.69 Å². The van der Waals surface area contributed by atoms with E-state index in [4.69, 9.17) is 0 Å². The summed E-state index contributed by atoms with van der Waals surface area (Å²) in [6, 6.07) is 18.2. The number of carbonyl (C=O) groups excluding carboxylic acids is 1. The highest BCUT2D eigenvalue weighted by atomic mass is 127. The summed E-state index contributed by atoms with van der Waals surface area (Å²) in [5.41, 5.74) is 4.33. The summed E-state index contributed by atoms with van der Waals surface area (Å²) >= 11 is 0. The van der Waals surface area contributed by atoms with Gasteiger partial charge in [0, 0.05) is 45.1 Å². The van der Waals surface area contributed by atoms with E-state index in [-0.39, 0.29) is 29.9 Å². The Hall–Kier alpha value is -2.88.